The minimum absolute atomic E-state index is 0.159. The second-order valence-electron chi connectivity index (χ2n) is 4.45. The van der Waals surface area contributed by atoms with Gasteiger partial charge < -0.3 is 5.11 Å². The molecular formula is C14H8F3N3O2. The van der Waals surface area contributed by atoms with Crippen molar-refractivity contribution in [3.8, 4) is 11.3 Å². The highest BCUT2D eigenvalue weighted by Gasteiger charge is 2.35. The van der Waals surface area contributed by atoms with E-state index in [-0.39, 0.29) is 16.9 Å². The third kappa shape index (κ3) is 2.18. The lowest BCUT2D eigenvalue weighted by Crippen LogP contribution is -2.10. The molecule has 0 bridgehead atoms. The molecule has 8 heteroatoms. The van der Waals surface area contributed by atoms with Crippen LogP contribution < -0.4 is 0 Å². The first-order valence-corrected chi connectivity index (χ1v) is 6.13. The number of carboxylic acid groups (broad SMARTS) is 1. The molecule has 112 valence electrons. The molecule has 0 aliphatic carbocycles. The summed E-state index contributed by atoms with van der Waals surface area (Å²) in [6.45, 7) is 0. The minimum atomic E-state index is -4.62. The van der Waals surface area contributed by atoms with Gasteiger partial charge in [-0.25, -0.2) is 14.3 Å². The van der Waals surface area contributed by atoms with Gasteiger partial charge >= 0.3 is 12.1 Å². The van der Waals surface area contributed by atoms with Crippen LogP contribution in [0.1, 0.15) is 16.1 Å². The molecule has 0 aliphatic heterocycles. The Morgan fingerprint density at radius 2 is 1.86 bits per heavy atom. The predicted octanol–water partition coefficient (Wildman–Crippen LogP) is 3.11. The summed E-state index contributed by atoms with van der Waals surface area (Å²) in [5, 5.41) is 13.2. The minimum Gasteiger partial charge on any atom is -0.476 e. The topological polar surface area (TPSA) is 67.5 Å². The Balaban J connectivity index is 2.37. The van der Waals surface area contributed by atoms with Gasteiger partial charge in [-0.05, 0) is 18.2 Å². The Morgan fingerprint density at radius 1 is 1.14 bits per heavy atom. The standard InChI is InChI=1S/C14H8F3N3O2/c15-14(16,17)9-5-2-1-4-8(9)11-12(13(21)22)20-10(19-11)6-3-7-18-20/h1-7H,(H,21,22). The molecule has 0 unspecified atom stereocenters. The normalized spacial score (nSPS) is 11.8. The van der Waals surface area contributed by atoms with Crippen molar-refractivity contribution >= 4 is 11.6 Å². The summed E-state index contributed by atoms with van der Waals surface area (Å²) in [6, 6.07) is 7.70. The number of aromatic carboxylic acids is 1. The summed E-state index contributed by atoms with van der Waals surface area (Å²) < 4.78 is 40.4. The molecule has 0 spiro atoms. The van der Waals surface area contributed by atoms with Crippen molar-refractivity contribution in [3.05, 3.63) is 53.9 Å². The number of carbonyl (C=O) groups is 1. The fraction of sp³-hybridized carbons (Fsp3) is 0.0714. The number of imidazole rings is 1. The van der Waals surface area contributed by atoms with Crippen molar-refractivity contribution in [2.24, 2.45) is 0 Å². The van der Waals surface area contributed by atoms with Crippen LogP contribution in [-0.2, 0) is 6.18 Å². The maximum atomic E-state index is 13.1. The van der Waals surface area contributed by atoms with Crippen LogP contribution in [0.25, 0.3) is 16.9 Å². The summed E-state index contributed by atoms with van der Waals surface area (Å²) in [7, 11) is 0. The highest BCUT2D eigenvalue weighted by atomic mass is 19.4. The number of nitrogens with zero attached hydrogens (tertiary/aromatic N) is 3. The first kappa shape index (κ1) is 14.1. The van der Waals surface area contributed by atoms with Crippen LogP contribution in [0.2, 0.25) is 0 Å². The predicted molar refractivity (Wildman–Crippen MR) is 70.4 cm³/mol. The lowest BCUT2D eigenvalue weighted by Gasteiger charge is -2.11. The Morgan fingerprint density at radius 3 is 2.55 bits per heavy atom. The monoisotopic (exact) mass is 307 g/mol. The molecular weight excluding hydrogens is 299 g/mol. The average molecular weight is 307 g/mol. The number of alkyl halides is 3. The summed E-state index contributed by atoms with van der Waals surface area (Å²) in [4.78, 5) is 15.4. The van der Waals surface area contributed by atoms with E-state index in [9.17, 15) is 23.1 Å². The Kier molecular flexibility index (Phi) is 3.09. The zero-order chi connectivity index (χ0) is 15.9. The number of hydrogen-bond acceptors (Lipinski definition) is 3. The molecule has 2 heterocycles. The molecule has 3 aromatic rings. The molecule has 0 aliphatic rings. The van der Waals surface area contributed by atoms with Crippen LogP contribution >= 0.6 is 0 Å². The summed E-state index contributed by atoms with van der Waals surface area (Å²) in [5.74, 6) is -1.40. The molecule has 0 saturated heterocycles. The number of aromatic nitrogens is 3. The Hall–Kier alpha value is -2.90. The Bertz CT molecular complexity index is 871. The molecule has 0 amide bonds. The van der Waals surface area contributed by atoms with Gasteiger partial charge in [0.05, 0.1) is 5.56 Å². The number of fused-ring (bicyclic) bond motifs is 1. The second-order valence-corrected chi connectivity index (χ2v) is 4.45. The van der Waals surface area contributed by atoms with Crippen molar-refractivity contribution in [2.45, 2.75) is 6.18 Å². The van der Waals surface area contributed by atoms with Crippen LogP contribution in [0, 0.1) is 0 Å². The van der Waals surface area contributed by atoms with Gasteiger partial charge in [0.25, 0.3) is 0 Å². The van der Waals surface area contributed by atoms with E-state index < -0.39 is 23.4 Å². The molecule has 0 atom stereocenters. The Labute approximate surface area is 121 Å². The van der Waals surface area contributed by atoms with Crippen molar-refractivity contribution in [2.75, 3.05) is 0 Å². The van der Waals surface area contributed by atoms with Crippen molar-refractivity contribution in [3.63, 3.8) is 0 Å². The van der Waals surface area contributed by atoms with Gasteiger partial charge in [-0.1, -0.05) is 18.2 Å². The zero-order valence-electron chi connectivity index (χ0n) is 10.9. The SMILES string of the molecule is O=C(O)c1c(-c2ccccc2C(F)(F)F)nc2cccnn12. The van der Waals surface area contributed by atoms with Gasteiger partial charge in [0.15, 0.2) is 11.3 Å². The molecule has 0 fully saturated rings. The number of benzene rings is 1. The lowest BCUT2D eigenvalue weighted by atomic mass is 10.0. The second kappa shape index (κ2) is 4.83. The third-order valence-electron chi connectivity index (χ3n) is 3.08. The van der Waals surface area contributed by atoms with Gasteiger partial charge in [0, 0.05) is 11.8 Å². The zero-order valence-corrected chi connectivity index (χ0v) is 10.9. The molecule has 22 heavy (non-hydrogen) atoms. The molecule has 0 saturated carbocycles. The van der Waals surface area contributed by atoms with E-state index >= 15 is 0 Å². The van der Waals surface area contributed by atoms with Gasteiger partial charge in [0.1, 0.15) is 5.69 Å². The van der Waals surface area contributed by atoms with E-state index in [0.29, 0.717) is 0 Å². The summed E-state index contributed by atoms with van der Waals surface area (Å²) >= 11 is 0. The van der Waals surface area contributed by atoms with Crippen LogP contribution in [0.5, 0.6) is 0 Å². The van der Waals surface area contributed by atoms with Crippen LogP contribution in [0.3, 0.4) is 0 Å². The van der Waals surface area contributed by atoms with Crippen LogP contribution in [-0.4, -0.2) is 25.7 Å². The number of rotatable bonds is 2. The smallest absolute Gasteiger partial charge is 0.417 e. The first-order valence-electron chi connectivity index (χ1n) is 6.13. The molecule has 0 radical (unpaired) electrons. The first-order chi connectivity index (χ1) is 10.4. The fourth-order valence-corrected chi connectivity index (χ4v) is 2.21. The molecule has 1 N–H and O–H groups in total. The van der Waals surface area contributed by atoms with E-state index in [0.717, 1.165) is 10.6 Å². The van der Waals surface area contributed by atoms with E-state index in [1.807, 2.05) is 0 Å². The average Bonchev–Trinajstić information content (AvgIpc) is 2.85. The number of hydrogen-bond donors (Lipinski definition) is 1. The van der Waals surface area contributed by atoms with Crippen LogP contribution in [0.15, 0.2) is 42.6 Å². The molecule has 1 aromatic carbocycles. The summed E-state index contributed by atoms with van der Waals surface area (Å²) in [6.07, 6.45) is -3.28. The maximum Gasteiger partial charge on any atom is 0.417 e. The van der Waals surface area contributed by atoms with E-state index in [4.69, 9.17) is 0 Å². The maximum absolute atomic E-state index is 13.1. The lowest BCUT2D eigenvalue weighted by molar-refractivity contribution is -0.137. The van der Waals surface area contributed by atoms with E-state index in [1.54, 1.807) is 0 Å². The molecule has 5 nitrogen and oxygen atoms in total. The number of carboxylic acids is 1. The molecule has 2 aromatic heterocycles. The quantitative estimate of drug-likeness (QED) is 0.790. The van der Waals surface area contributed by atoms with E-state index in [2.05, 4.69) is 10.1 Å². The van der Waals surface area contributed by atoms with Crippen molar-refractivity contribution in [1.82, 2.24) is 14.6 Å². The largest absolute Gasteiger partial charge is 0.476 e. The number of halogens is 3. The van der Waals surface area contributed by atoms with E-state index in [1.165, 1.54) is 36.5 Å². The van der Waals surface area contributed by atoms with Gasteiger partial charge in [-0.3, -0.25) is 0 Å². The van der Waals surface area contributed by atoms with Crippen molar-refractivity contribution in [1.29, 1.82) is 0 Å². The fourth-order valence-electron chi connectivity index (χ4n) is 2.21. The third-order valence-corrected chi connectivity index (χ3v) is 3.08. The highest BCUT2D eigenvalue weighted by Crippen LogP contribution is 2.37. The van der Waals surface area contributed by atoms with Gasteiger partial charge in [0.2, 0.25) is 0 Å². The van der Waals surface area contributed by atoms with Gasteiger partial charge in [-0.2, -0.15) is 18.3 Å². The van der Waals surface area contributed by atoms with Crippen LogP contribution in [0.4, 0.5) is 13.2 Å². The van der Waals surface area contributed by atoms with Gasteiger partial charge in [-0.15, -0.1) is 0 Å². The summed E-state index contributed by atoms with van der Waals surface area (Å²) in [5.41, 5.74) is -1.75. The highest BCUT2D eigenvalue weighted by molar-refractivity contribution is 5.95. The van der Waals surface area contributed by atoms with Crippen molar-refractivity contribution < 1.29 is 23.1 Å². The molecule has 3 rings (SSSR count).